The van der Waals surface area contributed by atoms with Gasteiger partial charge in [0, 0.05) is 26.1 Å². The first-order valence-electron chi connectivity index (χ1n) is 9.35. The summed E-state index contributed by atoms with van der Waals surface area (Å²) in [4.78, 5) is 13.6. The lowest BCUT2D eigenvalue weighted by Crippen LogP contribution is -2.37. The minimum absolute atomic E-state index is 0.0179. The zero-order valence-corrected chi connectivity index (χ0v) is 14.7. The Bertz CT molecular complexity index is 241. The second-order valence-corrected chi connectivity index (χ2v) is 6.18. The molecule has 4 heteroatoms. The summed E-state index contributed by atoms with van der Waals surface area (Å²) < 4.78 is 0. The summed E-state index contributed by atoms with van der Waals surface area (Å²) in [5.74, 6) is 0.135. The van der Waals surface area contributed by atoms with Crippen LogP contribution in [0.15, 0.2) is 0 Å². The predicted octanol–water partition coefficient (Wildman–Crippen LogP) is 3.47. The fourth-order valence-corrected chi connectivity index (χ4v) is 2.74. The maximum Gasteiger partial charge on any atom is 0.222 e. The smallest absolute Gasteiger partial charge is 0.222 e. The average molecular weight is 315 g/mol. The number of aliphatic hydroxyl groups excluding tert-OH is 1. The molecule has 0 saturated carbocycles. The summed E-state index contributed by atoms with van der Waals surface area (Å²) in [6.45, 7) is 3.70. The zero-order chi connectivity index (χ0) is 16.5. The van der Waals surface area contributed by atoms with Crippen LogP contribution in [0.5, 0.6) is 0 Å². The Kier molecular flexibility index (Phi) is 16.3. The van der Waals surface area contributed by atoms with Gasteiger partial charge in [0.1, 0.15) is 0 Å². The van der Waals surface area contributed by atoms with Crippen LogP contribution in [0, 0.1) is 0 Å². The van der Waals surface area contributed by atoms with Crippen LogP contribution < -0.4 is 5.73 Å². The van der Waals surface area contributed by atoms with Gasteiger partial charge in [-0.15, -0.1) is 0 Å². The highest BCUT2D eigenvalue weighted by Crippen LogP contribution is 2.12. The molecule has 0 atom stereocenters. The van der Waals surface area contributed by atoms with E-state index in [0.29, 0.717) is 26.1 Å². The number of nitrogens with two attached hydrogens (primary N) is 1. The summed E-state index contributed by atoms with van der Waals surface area (Å²) >= 11 is 0. The molecule has 0 radical (unpaired) electrons. The standard InChI is InChI=1S/C18H38N2O2/c1-2-3-4-5-6-7-8-9-10-11-12-13-18(22)20(15-14-19)16-17-21/h21H,2-17,19H2,1H3. The maximum absolute atomic E-state index is 11.9. The van der Waals surface area contributed by atoms with Crippen molar-refractivity contribution in [1.82, 2.24) is 4.90 Å². The minimum atomic E-state index is 0.0179. The maximum atomic E-state index is 11.9. The Balaban J connectivity index is 3.39. The quantitative estimate of drug-likeness (QED) is 0.429. The number of aliphatic hydroxyl groups is 1. The lowest BCUT2D eigenvalue weighted by molar-refractivity contribution is -0.131. The number of carbonyl (C=O) groups is 1. The molecule has 0 aromatic heterocycles. The molecule has 0 rings (SSSR count). The SMILES string of the molecule is CCCCCCCCCCCCCC(=O)N(CCN)CCO. The van der Waals surface area contributed by atoms with Gasteiger partial charge in [-0.2, -0.15) is 0 Å². The van der Waals surface area contributed by atoms with Crippen molar-refractivity contribution >= 4 is 5.91 Å². The van der Waals surface area contributed by atoms with Gasteiger partial charge in [0.25, 0.3) is 0 Å². The van der Waals surface area contributed by atoms with Crippen molar-refractivity contribution in [3.05, 3.63) is 0 Å². The van der Waals surface area contributed by atoms with Gasteiger partial charge in [-0.1, -0.05) is 71.1 Å². The van der Waals surface area contributed by atoms with Gasteiger partial charge >= 0.3 is 0 Å². The summed E-state index contributed by atoms with van der Waals surface area (Å²) in [6.07, 6.45) is 14.8. The minimum Gasteiger partial charge on any atom is -0.395 e. The van der Waals surface area contributed by atoms with Crippen LogP contribution >= 0.6 is 0 Å². The van der Waals surface area contributed by atoms with Gasteiger partial charge in [0.15, 0.2) is 0 Å². The summed E-state index contributed by atoms with van der Waals surface area (Å²) in [7, 11) is 0. The monoisotopic (exact) mass is 314 g/mol. The molecule has 0 aromatic rings. The van der Waals surface area contributed by atoms with Crippen molar-refractivity contribution < 1.29 is 9.90 Å². The van der Waals surface area contributed by atoms with Crippen molar-refractivity contribution in [3.63, 3.8) is 0 Å². The molecule has 0 aliphatic heterocycles. The highest BCUT2D eigenvalue weighted by Gasteiger charge is 2.11. The molecule has 22 heavy (non-hydrogen) atoms. The molecule has 0 unspecified atom stereocenters. The van der Waals surface area contributed by atoms with E-state index in [1.165, 1.54) is 57.8 Å². The van der Waals surface area contributed by atoms with E-state index in [-0.39, 0.29) is 12.5 Å². The Morgan fingerprint density at radius 3 is 1.82 bits per heavy atom. The number of amides is 1. The van der Waals surface area contributed by atoms with E-state index in [0.717, 1.165) is 12.8 Å². The third-order valence-electron chi connectivity index (χ3n) is 4.12. The zero-order valence-electron chi connectivity index (χ0n) is 14.7. The molecule has 4 nitrogen and oxygen atoms in total. The summed E-state index contributed by atoms with van der Waals surface area (Å²) in [6, 6.07) is 0. The van der Waals surface area contributed by atoms with E-state index >= 15 is 0 Å². The number of carbonyl (C=O) groups excluding carboxylic acids is 1. The van der Waals surface area contributed by atoms with Crippen molar-refractivity contribution in [1.29, 1.82) is 0 Å². The molecular formula is C18H38N2O2. The van der Waals surface area contributed by atoms with E-state index in [1.54, 1.807) is 4.90 Å². The molecule has 0 aliphatic rings. The highest BCUT2D eigenvalue weighted by atomic mass is 16.3. The first kappa shape index (κ1) is 21.4. The molecular weight excluding hydrogens is 276 g/mol. The molecule has 0 aliphatic carbocycles. The van der Waals surface area contributed by atoms with Gasteiger partial charge in [0.2, 0.25) is 5.91 Å². The van der Waals surface area contributed by atoms with Gasteiger partial charge in [0.05, 0.1) is 6.61 Å². The molecule has 0 aromatic carbocycles. The fraction of sp³-hybridized carbons (Fsp3) is 0.944. The Labute approximate surface area is 137 Å². The van der Waals surface area contributed by atoms with Crippen molar-refractivity contribution in [2.45, 2.75) is 84.0 Å². The Morgan fingerprint density at radius 1 is 0.864 bits per heavy atom. The molecule has 1 amide bonds. The molecule has 0 heterocycles. The van der Waals surface area contributed by atoms with Gasteiger partial charge < -0.3 is 15.7 Å². The van der Waals surface area contributed by atoms with Crippen LogP contribution in [-0.4, -0.2) is 42.2 Å². The van der Waals surface area contributed by atoms with Crippen molar-refractivity contribution in [2.24, 2.45) is 5.73 Å². The van der Waals surface area contributed by atoms with Crippen LogP contribution in [-0.2, 0) is 4.79 Å². The Morgan fingerprint density at radius 2 is 1.36 bits per heavy atom. The van der Waals surface area contributed by atoms with Crippen LogP contribution in [0.3, 0.4) is 0 Å². The highest BCUT2D eigenvalue weighted by molar-refractivity contribution is 5.76. The average Bonchev–Trinajstić information content (AvgIpc) is 2.52. The second kappa shape index (κ2) is 16.8. The number of rotatable bonds is 16. The lowest BCUT2D eigenvalue weighted by atomic mass is 10.1. The first-order chi connectivity index (χ1) is 10.8. The number of hydrogen-bond donors (Lipinski definition) is 2. The van der Waals surface area contributed by atoms with Crippen LogP contribution in [0.25, 0.3) is 0 Å². The third-order valence-corrected chi connectivity index (χ3v) is 4.12. The summed E-state index contributed by atoms with van der Waals surface area (Å²) in [5.41, 5.74) is 5.48. The topological polar surface area (TPSA) is 66.6 Å². The van der Waals surface area contributed by atoms with Crippen LogP contribution in [0.4, 0.5) is 0 Å². The second-order valence-electron chi connectivity index (χ2n) is 6.18. The molecule has 3 N–H and O–H groups in total. The van der Waals surface area contributed by atoms with Crippen LogP contribution in [0.2, 0.25) is 0 Å². The molecule has 132 valence electrons. The number of hydrogen-bond acceptors (Lipinski definition) is 3. The molecule has 0 saturated heterocycles. The van der Waals surface area contributed by atoms with Crippen molar-refractivity contribution in [3.8, 4) is 0 Å². The van der Waals surface area contributed by atoms with Crippen molar-refractivity contribution in [2.75, 3.05) is 26.2 Å². The van der Waals surface area contributed by atoms with Gasteiger partial charge in [-0.05, 0) is 6.42 Å². The molecule has 0 spiro atoms. The fourth-order valence-electron chi connectivity index (χ4n) is 2.74. The first-order valence-corrected chi connectivity index (χ1v) is 9.35. The van der Waals surface area contributed by atoms with E-state index < -0.39 is 0 Å². The number of nitrogens with zero attached hydrogens (tertiary/aromatic N) is 1. The van der Waals surface area contributed by atoms with Crippen LogP contribution in [0.1, 0.15) is 84.0 Å². The Hall–Kier alpha value is -0.610. The predicted molar refractivity (Wildman–Crippen MR) is 93.8 cm³/mol. The van der Waals surface area contributed by atoms with Gasteiger partial charge in [-0.3, -0.25) is 4.79 Å². The molecule has 0 fully saturated rings. The van der Waals surface area contributed by atoms with Gasteiger partial charge in [-0.25, -0.2) is 0 Å². The van der Waals surface area contributed by atoms with E-state index in [9.17, 15) is 4.79 Å². The largest absolute Gasteiger partial charge is 0.395 e. The van der Waals surface area contributed by atoms with E-state index in [2.05, 4.69) is 6.92 Å². The lowest BCUT2D eigenvalue weighted by Gasteiger charge is -2.20. The third kappa shape index (κ3) is 13.1. The normalized spacial score (nSPS) is 10.9. The van der Waals surface area contributed by atoms with E-state index in [4.69, 9.17) is 10.8 Å². The molecule has 0 bridgehead atoms. The van der Waals surface area contributed by atoms with E-state index in [1.807, 2.05) is 0 Å². The summed E-state index contributed by atoms with van der Waals surface area (Å²) in [5, 5.41) is 8.94. The number of unbranched alkanes of at least 4 members (excludes halogenated alkanes) is 10.